The highest BCUT2D eigenvalue weighted by molar-refractivity contribution is 5.74. The maximum Gasteiger partial charge on any atom is 0.188 e. The van der Waals surface area contributed by atoms with Crippen molar-refractivity contribution < 1.29 is 0 Å². The lowest BCUT2D eigenvalue weighted by atomic mass is 10.1. The molecule has 0 saturated carbocycles. The Morgan fingerprint density at radius 2 is 2.25 bits per heavy atom. The highest BCUT2D eigenvalue weighted by Gasteiger charge is 2.21. The smallest absolute Gasteiger partial charge is 0.188 e. The lowest BCUT2D eigenvalue weighted by molar-refractivity contribution is 0.182. The first-order valence-corrected chi connectivity index (χ1v) is 4.36. The molecule has 0 aromatic heterocycles. The van der Waals surface area contributed by atoms with E-state index in [1.54, 1.807) is 0 Å². The second-order valence-electron chi connectivity index (χ2n) is 3.59. The average Bonchev–Trinajstić information content (AvgIpc) is 2.04. The van der Waals surface area contributed by atoms with Gasteiger partial charge in [0.05, 0.1) is 0 Å². The largest absolute Gasteiger partial charge is 0.370 e. The fourth-order valence-electron chi connectivity index (χ4n) is 1.60. The summed E-state index contributed by atoms with van der Waals surface area (Å²) in [6.07, 6.45) is 2.36. The number of nitrogens with zero attached hydrogens (tertiary/aromatic N) is 2. The lowest BCUT2D eigenvalue weighted by Gasteiger charge is -2.36. The van der Waals surface area contributed by atoms with Crippen LogP contribution in [0.2, 0.25) is 0 Å². The SMILES string of the molecule is CN(C)C1CCCN(C(=N)N)C1. The highest BCUT2D eigenvalue weighted by atomic mass is 15.3. The molecule has 0 amide bonds. The number of guanidine groups is 1. The van der Waals surface area contributed by atoms with Crippen LogP contribution in [0.4, 0.5) is 0 Å². The Hall–Kier alpha value is -0.770. The van der Waals surface area contributed by atoms with Crippen LogP contribution in [0.25, 0.3) is 0 Å². The summed E-state index contributed by atoms with van der Waals surface area (Å²) >= 11 is 0. The van der Waals surface area contributed by atoms with Crippen LogP contribution in [0.5, 0.6) is 0 Å². The van der Waals surface area contributed by atoms with Gasteiger partial charge in [0.2, 0.25) is 0 Å². The molecule has 12 heavy (non-hydrogen) atoms. The van der Waals surface area contributed by atoms with Gasteiger partial charge in [-0.15, -0.1) is 0 Å². The molecule has 4 nitrogen and oxygen atoms in total. The van der Waals surface area contributed by atoms with Crippen molar-refractivity contribution in [3.05, 3.63) is 0 Å². The average molecular weight is 170 g/mol. The molecule has 1 saturated heterocycles. The minimum Gasteiger partial charge on any atom is -0.370 e. The van der Waals surface area contributed by atoms with Crippen molar-refractivity contribution in [2.24, 2.45) is 5.73 Å². The number of nitrogens with one attached hydrogen (secondary N) is 1. The van der Waals surface area contributed by atoms with Gasteiger partial charge in [0.1, 0.15) is 0 Å². The number of likely N-dealkylation sites (N-methyl/N-ethyl adjacent to an activating group) is 1. The van der Waals surface area contributed by atoms with E-state index < -0.39 is 0 Å². The molecule has 1 aliphatic heterocycles. The first-order valence-electron chi connectivity index (χ1n) is 4.36. The van der Waals surface area contributed by atoms with Crippen LogP contribution in [0.15, 0.2) is 0 Å². The van der Waals surface area contributed by atoms with Crippen LogP contribution in [0.3, 0.4) is 0 Å². The number of nitrogens with two attached hydrogens (primary N) is 1. The Kier molecular flexibility index (Phi) is 2.92. The summed E-state index contributed by atoms with van der Waals surface area (Å²) in [4.78, 5) is 4.14. The van der Waals surface area contributed by atoms with Gasteiger partial charge in [0.25, 0.3) is 0 Å². The summed E-state index contributed by atoms with van der Waals surface area (Å²) in [6, 6.07) is 0.558. The summed E-state index contributed by atoms with van der Waals surface area (Å²) < 4.78 is 0. The Labute approximate surface area is 73.8 Å². The lowest BCUT2D eigenvalue weighted by Crippen LogP contribution is -2.49. The van der Waals surface area contributed by atoms with Crippen LogP contribution in [-0.4, -0.2) is 49.0 Å². The zero-order valence-electron chi connectivity index (χ0n) is 7.88. The monoisotopic (exact) mass is 170 g/mol. The molecule has 0 aromatic carbocycles. The van der Waals surface area contributed by atoms with E-state index >= 15 is 0 Å². The first-order chi connectivity index (χ1) is 5.61. The molecule has 0 spiro atoms. The molecule has 0 bridgehead atoms. The molecule has 1 atom stereocenters. The van der Waals surface area contributed by atoms with Crippen LogP contribution in [-0.2, 0) is 0 Å². The van der Waals surface area contributed by atoms with Crippen LogP contribution >= 0.6 is 0 Å². The number of piperidine rings is 1. The minimum atomic E-state index is 0.210. The molecular weight excluding hydrogens is 152 g/mol. The molecule has 3 N–H and O–H groups in total. The summed E-state index contributed by atoms with van der Waals surface area (Å²) in [6.45, 7) is 1.85. The van der Waals surface area contributed by atoms with Gasteiger partial charge in [0.15, 0.2) is 5.96 Å². The second-order valence-corrected chi connectivity index (χ2v) is 3.59. The third-order valence-electron chi connectivity index (χ3n) is 2.47. The Morgan fingerprint density at radius 1 is 1.58 bits per heavy atom. The van der Waals surface area contributed by atoms with E-state index in [2.05, 4.69) is 19.0 Å². The van der Waals surface area contributed by atoms with E-state index in [0.29, 0.717) is 6.04 Å². The molecule has 0 radical (unpaired) electrons. The maximum atomic E-state index is 7.30. The Morgan fingerprint density at radius 3 is 2.75 bits per heavy atom. The van der Waals surface area contributed by atoms with E-state index in [1.807, 2.05) is 4.90 Å². The summed E-state index contributed by atoms with van der Waals surface area (Å²) in [5.74, 6) is 0.210. The molecule has 0 aromatic rings. The number of hydrogen-bond acceptors (Lipinski definition) is 2. The molecule has 1 rings (SSSR count). The van der Waals surface area contributed by atoms with Crippen LogP contribution in [0, 0.1) is 5.41 Å². The number of hydrogen-bond donors (Lipinski definition) is 2. The molecule has 1 unspecified atom stereocenters. The van der Waals surface area contributed by atoms with Crippen LogP contribution < -0.4 is 5.73 Å². The zero-order chi connectivity index (χ0) is 9.14. The maximum absolute atomic E-state index is 7.30. The van der Waals surface area contributed by atoms with Gasteiger partial charge in [-0.05, 0) is 26.9 Å². The van der Waals surface area contributed by atoms with Crippen molar-refractivity contribution in [1.82, 2.24) is 9.80 Å². The molecule has 4 heteroatoms. The molecular formula is C8H18N4. The summed E-state index contributed by atoms with van der Waals surface area (Å²) in [5, 5.41) is 7.30. The first kappa shape index (κ1) is 9.32. The van der Waals surface area contributed by atoms with Crippen LogP contribution in [0.1, 0.15) is 12.8 Å². The second kappa shape index (κ2) is 3.76. The van der Waals surface area contributed by atoms with Crippen molar-refractivity contribution in [2.45, 2.75) is 18.9 Å². The Bertz CT molecular complexity index is 166. The zero-order valence-corrected chi connectivity index (χ0v) is 7.88. The fraction of sp³-hybridized carbons (Fsp3) is 0.875. The fourth-order valence-corrected chi connectivity index (χ4v) is 1.60. The molecule has 1 aliphatic rings. The Balaban J connectivity index is 2.46. The van der Waals surface area contributed by atoms with Crippen molar-refractivity contribution in [3.8, 4) is 0 Å². The van der Waals surface area contributed by atoms with Gasteiger partial charge in [-0.1, -0.05) is 0 Å². The van der Waals surface area contributed by atoms with E-state index in [9.17, 15) is 0 Å². The molecule has 0 aliphatic carbocycles. The predicted octanol–water partition coefficient (Wildman–Crippen LogP) is -0.0941. The van der Waals surface area contributed by atoms with Crippen molar-refractivity contribution >= 4 is 5.96 Å². The van der Waals surface area contributed by atoms with Crippen molar-refractivity contribution in [2.75, 3.05) is 27.2 Å². The summed E-state index contributed by atoms with van der Waals surface area (Å²) in [5.41, 5.74) is 5.42. The topological polar surface area (TPSA) is 56.4 Å². The quantitative estimate of drug-likeness (QED) is 0.427. The minimum absolute atomic E-state index is 0.210. The van der Waals surface area contributed by atoms with Gasteiger partial charge in [-0.3, -0.25) is 5.41 Å². The number of rotatable bonds is 1. The third-order valence-corrected chi connectivity index (χ3v) is 2.47. The van der Waals surface area contributed by atoms with E-state index in [4.69, 9.17) is 11.1 Å². The predicted molar refractivity (Wildman–Crippen MR) is 50.2 cm³/mol. The highest BCUT2D eigenvalue weighted by Crippen LogP contribution is 2.12. The standard InChI is InChI=1S/C8H18N4/c1-11(2)7-4-3-5-12(6-7)8(9)10/h7H,3-6H2,1-2H3,(H3,9,10). The molecule has 1 fully saturated rings. The summed E-state index contributed by atoms with van der Waals surface area (Å²) in [7, 11) is 4.16. The molecule has 70 valence electrons. The molecule has 1 heterocycles. The number of likely N-dealkylation sites (tertiary alicyclic amines) is 1. The van der Waals surface area contributed by atoms with E-state index in [-0.39, 0.29) is 5.96 Å². The van der Waals surface area contributed by atoms with E-state index in [1.165, 1.54) is 6.42 Å². The van der Waals surface area contributed by atoms with Gasteiger partial charge >= 0.3 is 0 Å². The van der Waals surface area contributed by atoms with E-state index in [0.717, 1.165) is 19.5 Å². The van der Waals surface area contributed by atoms with Gasteiger partial charge in [-0.25, -0.2) is 0 Å². The van der Waals surface area contributed by atoms with Gasteiger partial charge in [0, 0.05) is 19.1 Å². The third kappa shape index (κ3) is 2.11. The van der Waals surface area contributed by atoms with Gasteiger partial charge < -0.3 is 15.5 Å². The van der Waals surface area contributed by atoms with Gasteiger partial charge in [-0.2, -0.15) is 0 Å². The van der Waals surface area contributed by atoms with Crippen molar-refractivity contribution in [1.29, 1.82) is 5.41 Å². The normalized spacial score (nSPS) is 24.6. The van der Waals surface area contributed by atoms with Crippen molar-refractivity contribution in [3.63, 3.8) is 0 Å².